The number of rotatable bonds is 2. The molecular weight excluding hydrogens is 180 g/mol. The van der Waals surface area contributed by atoms with Crippen LogP contribution in [0.3, 0.4) is 0 Å². The lowest BCUT2D eigenvalue weighted by atomic mass is 10.2. The second-order valence-corrected chi connectivity index (χ2v) is 3.14. The summed E-state index contributed by atoms with van der Waals surface area (Å²) in [6, 6.07) is 2.21. The van der Waals surface area contributed by atoms with Crippen LogP contribution in [0.2, 0.25) is 0 Å². The number of halogens is 1. The molecule has 1 aromatic heterocycles. The van der Waals surface area contributed by atoms with Gasteiger partial charge >= 0.3 is 0 Å². The molecule has 0 aliphatic carbocycles. The summed E-state index contributed by atoms with van der Waals surface area (Å²) in [6.45, 7) is 1.98. The van der Waals surface area contributed by atoms with Gasteiger partial charge in [-0.3, -0.25) is 0 Å². The van der Waals surface area contributed by atoms with E-state index in [9.17, 15) is 0 Å². The zero-order chi connectivity index (χ0) is 7.56. The van der Waals surface area contributed by atoms with Crippen molar-refractivity contribution in [2.24, 2.45) is 5.73 Å². The SMILES string of the molecule is CSc1cc([C@H](C)N)c[nH]1.Cl. The van der Waals surface area contributed by atoms with Crippen molar-refractivity contribution in [2.45, 2.75) is 18.0 Å². The molecule has 0 unspecified atom stereocenters. The highest BCUT2D eigenvalue weighted by Crippen LogP contribution is 2.17. The normalized spacial score (nSPS) is 12.3. The Balaban J connectivity index is 0.000001000. The summed E-state index contributed by atoms with van der Waals surface area (Å²) in [5.74, 6) is 0. The summed E-state index contributed by atoms with van der Waals surface area (Å²) < 4.78 is 0. The third kappa shape index (κ3) is 2.77. The van der Waals surface area contributed by atoms with Crippen molar-refractivity contribution >= 4 is 24.2 Å². The van der Waals surface area contributed by atoms with Crippen LogP contribution in [0.4, 0.5) is 0 Å². The second-order valence-electron chi connectivity index (χ2n) is 2.29. The van der Waals surface area contributed by atoms with E-state index < -0.39 is 0 Å². The van der Waals surface area contributed by atoms with Gasteiger partial charge in [0.05, 0.1) is 5.03 Å². The molecule has 0 bridgehead atoms. The Hall–Kier alpha value is -0.120. The van der Waals surface area contributed by atoms with E-state index in [1.165, 1.54) is 10.6 Å². The maximum absolute atomic E-state index is 5.65. The monoisotopic (exact) mass is 192 g/mol. The minimum absolute atomic E-state index is 0. The van der Waals surface area contributed by atoms with E-state index in [4.69, 9.17) is 5.73 Å². The molecule has 4 heteroatoms. The van der Waals surface area contributed by atoms with E-state index in [2.05, 4.69) is 11.1 Å². The smallest absolute Gasteiger partial charge is 0.0722 e. The van der Waals surface area contributed by atoms with E-state index in [1.807, 2.05) is 19.4 Å². The van der Waals surface area contributed by atoms with Gasteiger partial charge in [0.25, 0.3) is 0 Å². The van der Waals surface area contributed by atoms with Gasteiger partial charge in [0.2, 0.25) is 0 Å². The fraction of sp³-hybridized carbons (Fsp3) is 0.429. The highest BCUT2D eigenvalue weighted by Gasteiger charge is 2.00. The van der Waals surface area contributed by atoms with E-state index in [0.717, 1.165) is 0 Å². The van der Waals surface area contributed by atoms with Crippen molar-refractivity contribution in [1.82, 2.24) is 4.98 Å². The van der Waals surface area contributed by atoms with Crippen molar-refractivity contribution in [2.75, 3.05) is 6.26 Å². The average molecular weight is 193 g/mol. The molecule has 3 N–H and O–H groups in total. The highest BCUT2D eigenvalue weighted by atomic mass is 35.5. The van der Waals surface area contributed by atoms with Gasteiger partial charge in [-0.05, 0) is 24.8 Å². The molecule has 0 spiro atoms. The number of hydrogen-bond donors (Lipinski definition) is 2. The molecule has 0 saturated carbocycles. The number of aromatic amines is 1. The van der Waals surface area contributed by atoms with Crippen molar-refractivity contribution in [3.8, 4) is 0 Å². The Morgan fingerprint density at radius 1 is 1.64 bits per heavy atom. The molecule has 1 rings (SSSR count). The van der Waals surface area contributed by atoms with Crippen LogP contribution in [0.15, 0.2) is 17.3 Å². The molecule has 0 saturated heterocycles. The lowest BCUT2D eigenvalue weighted by Gasteiger charge is -1.97. The number of hydrogen-bond acceptors (Lipinski definition) is 2. The molecule has 0 aliphatic rings. The minimum Gasteiger partial charge on any atom is -0.356 e. The summed E-state index contributed by atoms with van der Waals surface area (Å²) in [6.07, 6.45) is 3.99. The minimum atomic E-state index is 0. The van der Waals surface area contributed by atoms with Gasteiger partial charge in [-0.25, -0.2) is 0 Å². The first-order chi connectivity index (χ1) is 4.74. The van der Waals surface area contributed by atoms with Crippen LogP contribution >= 0.6 is 24.2 Å². The van der Waals surface area contributed by atoms with Gasteiger partial charge in [0.1, 0.15) is 0 Å². The Bertz CT molecular complexity index is 210. The predicted molar refractivity (Wildman–Crippen MR) is 52.4 cm³/mol. The number of nitrogens with two attached hydrogens (primary N) is 1. The fourth-order valence-electron chi connectivity index (χ4n) is 0.770. The number of thioether (sulfide) groups is 1. The quantitative estimate of drug-likeness (QED) is 0.706. The van der Waals surface area contributed by atoms with Gasteiger partial charge in [-0.1, -0.05) is 0 Å². The summed E-state index contributed by atoms with van der Waals surface area (Å²) in [5, 5.41) is 1.17. The van der Waals surface area contributed by atoms with Crippen molar-refractivity contribution in [1.29, 1.82) is 0 Å². The molecule has 11 heavy (non-hydrogen) atoms. The lowest BCUT2D eigenvalue weighted by molar-refractivity contribution is 0.819. The molecule has 1 heterocycles. The predicted octanol–water partition coefficient (Wildman–Crippen LogP) is 2.18. The largest absolute Gasteiger partial charge is 0.356 e. The maximum Gasteiger partial charge on any atom is 0.0722 e. The summed E-state index contributed by atoms with van der Waals surface area (Å²) in [5.41, 5.74) is 6.82. The Labute approximate surface area is 77.4 Å². The van der Waals surface area contributed by atoms with Gasteiger partial charge in [-0.2, -0.15) is 0 Å². The molecule has 0 radical (unpaired) electrons. The summed E-state index contributed by atoms with van der Waals surface area (Å²) in [4.78, 5) is 3.12. The molecule has 2 nitrogen and oxygen atoms in total. The Morgan fingerprint density at radius 2 is 2.27 bits per heavy atom. The van der Waals surface area contributed by atoms with E-state index >= 15 is 0 Å². The maximum atomic E-state index is 5.65. The number of H-pyrrole nitrogens is 1. The first-order valence-corrected chi connectivity index (χ1v) is 4.44. The summed E-state index contributed by atoms with van der Waals surface area (Å²) in [7, 11) is 0. The van der Waals surface area contributed by atoms with E-state index in [1.54, 1.807) is 11.8 Å². The van der Waals surface area contributed by atoms with Crippen LogP contribution in [0.1, 0.15) is 18.5 Å². The van der Waals surface area contributed by atoms with Crippen LogP contribution in [0.5, 0.6) is 0 Å². The molecule has 0 aromatic carbocycles. The first-order valence-electron chi connectivity index (χ1n) is 3.22. The van der Waals surface area contributed by atoms with Gasteiger partial charge < -0.3 is 10.7 Å². The van der Waals surface area contributed by atoms with Crippen molar-refractivity contribution < 1.29 is 0 Å². The third-order valence-corrected chi connectivity index (χ3v) is 2.10. The van der Waals surface area contributed by atoms with Crippen molar-refractivity contribution in [3.63, 3.8) is 0 Å². The Morgan fingerprint density at radius 3 is 2.55 bits per heavy atom. The summed E-state index contributed by atoms with van der Waals surface area (Å²) >= 11 is 1.70. The molecule has 0 amide bonds. The van der Waals surface area contributed by atoms with Crippen LogP contribution in [0, 0.1) is 0 Å². The average Bonchev–Trinajstić information content (AvgIpc) is 2.34. The second kappa shape index (κ2) is 4.70. The van der Waals surface area contributed by atoms with Crippen LogP contribution < -0.4 is 5.73 Å². The van der Waals surface area contributed by atoms with Gasteiger partial charge in [0.15, 0.2) is 0 Å². The molecule has 0 fully saturated rings. The number of aromatic nitrogens is 1. The first kappa shape index (κ1) is 10.9. The third-order valence-electron chi connectivity index (χ3n) is 1.42. The topological polar surface area (TPSA) is 41.8 Å². The standard InChI is InChI=1S/C7H12N2S.ClH/c1-5(8)6-3-7(10-2)9-4-6;/h3-5,9H,8H2,1-2H3;1H/t5-;/m0./s1. The van der Waals surface area contributed by atoms with Gasteiger partial charge in [0, 0.05) is 12.2 Å². The van der Waals surface area contributed by atoms with Crippen LogP contribution in [0.25, 0.3) is 0 Å². The highest BCUT2D eigenvalue weighted by molar-refractivity contribution is 7.98. The van der Waals surface area contributed by atoms with E-state index in [0.29, 0.717) is 0 Å². The molecule has 1 atom stereocenters. The lowest BCUT2D eigenvalue weighted by Crippen LogP contribution is -2.02. The zero-order valence-corrected chi connectivity index (χ0v) is 8.26. The zero-order valence-electron chi connectivity index (χ0n) is 6.63. The van der Waals surface area contributed by atoms with Crippen LogP contribution in [-0.4, -0.2) is 11.2 Å². The number of nitrogens with one attached hydrogen (secondary N) is 1. The molecule has 64 valence electrons. The fourth-order valence-corrected chi connectivity index (χ4v) is 1.20. The van der Waals surface area contributed by atoms with Crippen LogP contribution in [-0.2, 0) is 0 Å². The van der Waals surface area contributed by atoms with E-state index in [-0.39, 0.29) is 18.4 Å². The Kier molecular flexibility index (Phi) is 4.65. The van der Waals surface area contributed by atoms with Gasteiger partial charge in [-0.15, -0.1) is 24.2 Å². The van der Waals surface area contributed by atoms with Crippen molar-refractivity contribution in [3.05, 3.63) is 17.8 Å². The molecule has 1 aromatic rings. The molecule has 0 aliphatic heterocycles. The molecular formula is C7H13ClN2S.